The molecule has 1 saturated carbocycles. The van der Waals surface area contributed by atoms with Gasteiger partial charge in [0.15, 0.2) is 0 Å². The topological polar surface area (TPSA) is 61.4 Å². The first-order chi connectivity index (χ1) is 13.2. The van der Waals surface area contributed by atoms with Gasteiger partial charge in [0.25, 0.3) is 0 Å². The molecule has 4 rings (SSSR count). The molecule has 1 aromatic rings. The van der Waals surface area contributed by atoms with Crippen LogP contribution in [0.5, 0.6) is 0 Å². The highest BCUT2D eigenvalue weighted by atomic mass is 16.2. The summed E-state index contributed by atoms with van der Waals surface area (Å²) in [5, 5.41) is 6.60. The molecule has 3 atom stereocenters. The summed E-state index contributed by atoms with van der Waals surface area (Å²) in [5.41, 5.74) is 1.38. The summed E-state index contributed by atoms with van der Waals surface area (Å²) < 4.78 is 0. The molecule has 0 radical (unpaired) electrons. The Morgan fingerprint density at radius 2 is 1.70 bits per heavy atom. The highest BCUT2D eigenvalue weighted by Gasteiger charge is 2.37. The van der Waals surface area contributed by atoms with Crippen molar-refractivity contribution in [3.8, 4) is 0 Å². The molecule has 1 aliphatic carbocycles. The van der Waals surface area contributed by atoms with Crippen LogP contribution in [-0.4, -0.2) is 47.9 Å². The first kappa shape index (κ1) is 18.5. The summed E-state index contributed by atoms with van der Waals surface area (Å²) in [6, 6.07) is 10.8. The lowest BCUT2D eigenvalue weighted by atomic mass is 9.87. The van der Waals surface area contributed by atoms with Gasteiger partial charge in [-0.1, -0.05) is 43.2 Å². The van der Waals surface area contributed by atoms with Crippen LogP contribution in [0.25, 0.3) is 0 Å². The van der Waals surface area contributed by atoms with Crippen molar-refractivity contribution in [2.24, 2.45) is 5.92 Å². The van der Waals surface area contributed by atoms with Gasteiger partial charge in [-0.15, -0.1) is 0 Å². The molecular formula is C22H31N3O2. The lowest BCUT2D eigenvalue weighted by molar-refractivity contribution is -0.137. The first-order valence-corrected chi connectivity index (χ1v) is 10.6. The van der Waals surface area contributed by atoms with E-state index in [1.165, 1.54) is 18.4 Å². The molecule has 2 heterocycles. The van der Waals surface area contributed by atoms with E-state index in [4.69, 9.17) is 0 Å². The molecule has 3 fully saturated rings. The van der Waals surface area contributed by atoms with Crippen LogP contribution in [0, 0.1) is 5.92 Å². The molecule has 0 aromatic heterocycles. The van der Waals surface area contributed by atoms with Gasteiger partial charge in [0.2, 0.25) is 11.8 Å². The molecule has 2 saturated heterocycles. The predicted octanol–water partition coefficient (Wildman–Crippen LogP) is 2.26. The Labute approximate surface area is 161 Å². The molecular weight excluding hydrogens is 338 g/mol. The smallest absolute Gasteiger partial charge is 0.237 e. The Balaban J connectivity index is 1.25. The third-order valence-electron chi connectivity index (χ3n) is 6.54. The van der Waals surface area contributed by atoms with Crippen molar-refractivity contribution in [1.82, 2.24) is 15.5 Å². The number of piperazine rings is 1. The number of piperidine rings is 1. The quantitative estimate of drug-likeness (QED) is 0.856. The SMILES string of the molecule is O=C1N[C@H]2CCCC[C@@H]2N[C@@H]1CC(=O)N1CCC(Cc2ccccc2)CC1. The van der Waals surface area contributed by atoms with Gasteiger partial charge in [0.1, 0.15) is 0 Å². The maximum atomic E-state index is 12.7. The van der Waals surface area contributed by atoms with Gasteiger partial charge in [-0.25, -0.2) is 0 Å². The Morgan fingerprint density at radius 3 is 2.44 bits per heavy atom. The number of amides is 2. The molecule has 146 valence electrons. The van der Waals surface area contributed by atoms with E-state index in [-0.39, 0.29) is 23.9 Å². The number of nitrogens with one attached hydrogen (secondary N) is 2. The summed E-state index contributed by atoms with van der Waals surface area (Å²) in [6.07, 6.45) is 8.03. The van der Waals surface area contributed by atoms with Gasteiger partial charge in [0, 0.05) is 25.2 Å². The van der Waals surface area contributed by atoms with Crippen molar-refractivity contribution in [1.29, 1.82) is 0 Å². The van der Waals surface area contributed by atoms with Gasteiger partial charge in [-0.2, -0.15) is 0 Å². The minimum atomic E-state index is -0.362. The molecule has 27 heavy (non-hydrogen) atoms. The van der Waals surface area contributed by atoms with Crippen molar-refractivity contribution in [3.63, 3.8) is 0 Å². The number of carbonyl (C=O) groups is 2. The number of nitrogens with zero attached hydrogens (tertiary/aromatic N) is 1. The Bertz CT molecular complexity index is 655. The van der Waals surface area contributed by atoms with Crippen LogP contribution in [0.2, 0.25) is 0 Å². The van der Waals surface area contributed by atoms with Gasteiger partial charge in [-0.05, 0) is 43.6 Å². The van der Waals surface area contributed by atoms with Crippen molar-refractivity contribution in [2.45, 2.75) is 69.5 Å². The summed E-state index contributed by atoms with van der Waals surface area (Å²) in [6.45, 7) is 1.63. The fourth-order valence-corrected chi connectivity index (χ4v) is 4.91. The summed E-state index contributed by atoms with van der Waals surface area (Å²) in [5.74, 6) is 0.774. The fourth-order valence-electron chi connectivity index (χ4n) is 4.91. The zero-order valence-corrected chi connectivity index (χ0v) is 16.0. The van der Waals surface area contributed by atoms with Crippen molar-refractivity contribution >= 4 is 11.8 Å². The number of carbonyl (C=O) groups excluding carboxylic acids is 2. The van der Waals surface area contributed by atoms with Crippen LogP contribution in [0.15, 0.2) is 30.3 Å². The number of benzene rings is 1. The monoisotopic (exact) mass is 369 g/mol. The number of rotatable bonds is 4. The van der Waals surface area contributed by atoms with Crippen LogP contribution in [-0.2, 0) is 16.0 Å². The van der Waals surface area contributed by atoms with E-state index in [0.717, 1.165) is 45.2 Å². The normalized spacial score (nSPS) is 29.1. The van der Waals surface area contributed by atoms with Crippen LogP contribution >= 0.6 is 0 Å². The van der Waals surface area contributed by atoms with E-state index < -0.39 is 0 Å². The van der Waals surface area contributed by atoms with Gasteiger partial charge in [-0.3, -0.25) is 9.59 Å². The molecule has 5 nitrogen and oxygen atoms in total. The number of likely N-dealkylation sites (tertiary alicyclic amines) is 1. The first-order valence-electron chi connectivity index (χ1n) is 10.6. The Kier molecular flexibility index (Phi) is 5.77. The molecule has 0 bridgehead atoms. The van der Waals surface area contributed by atoms with Crippen LogP contribution in [0.4, 0.5) is 0 Å². The van der Waals surface area contributed by atoms with Gasteiger partial charge >= 0.3 is 0 Å². The van der Waals surface area contributed by atoms with Crippen molar-refractivity contribution in [2.75, 3.05) is 13.1 Å². The second kappa shape index (κ2) is 8.42. The highest BCUT2D eigenvalue weighted by molar-refractivity contribution is 5.89. The van der Waals surface area contributed by atoms with E-state index in [1.54, 1.807) is 0 Å². The molecule has 2 N–H and O–H groups in total. The summed E-state index contributed by atoms with van der Waals surface area (Å²) in [4.78, 5) is 27.1. The Hall–Kier alpha value is -1.88. The molecule has 3 aliphatic rings. The Morgan fingerprint density at radius 1 is 1.00 bits per heavy atom. The van der Waals surface area contributed by atoms with Gasteiger partial charge < -0.3 is 15.5 Å². The van der Waals surface area contributed by atoms with Crippen molar-refractivity contribution in [3.05, 3.63) is 35.9 Å². The number of hydrogen-bond donors (Lipinski definition) is 2. The number of hydrogen-bond acceptors (Lipinski definition) is 3. The molecule has 1 aromatic carbocycles. The minimum absolute atomic E-state index is 0.00506. The second-order valence-corrected chi connectivity index (χ2v) is 8.44. The van der Waals surface area contributed by atoms with Crippen molar-refractivity contribution < 1.29 is 9.59 Å². The van der Waals surface area contributed by atoms with E-state index >= 15 is 0 Å². The molecule has 5 heteroatoms. The van der Waals surface area contributed by atoms with Crippen LogP contribution in [0.3, 0.4) is 0 Å². The lowest BCUT2D eigenvalue weighted by Crippen LogP contribution is -2.65. The lowest BCUT2D eigenvalue weighted by Gasteiger charge is -2.41. The minimum Gasteiger partial charge on any atom is -0.350 e. The standard InChI is InChI=1S/C22H31N3O2/c26-21(15-20-22(27)24-19-9-5-4-8-18(19)23-20)25-12-10-17(11-13-25)14-16-6-2-1-3-7-16/h1-3,6-7,17-20,23H,4-5,8-15H2,(H,24,27)/t18-,19-,20+/m0/s1. The molecule has 2 aliphatic heterocycles. The largest absolute Gasteiger partial charge is 0.350 e. The third kappa shape index (κ3) is 4.52. The zero-order chi connectivity index (χ0) is 18.6. The van der Waals surface area contributed by atoms with Gasteiger partial charge in [0.05, 0.1) is 12.5 Å². The van der Waals surface area contributed by atoms with E-state index in [0.29, 0.717) is 18.4 Å². The molecule has 0 spiro atoms. The van der Waals surface area contributed by atoms with Crippen LogP contribution in [0.1, 0.15) is 50.5 Å². The molecule has 2 amide bonds. The van der Waals surface area contributed by atoms with E-state index in [9.17, 15) is 9.59 Å². The highest BCUT2D eigenvalue weighted by Crippen LogP contribution is 2.24. The van der Waals surface area contributed by atoms with Crippen LogP contribution < -0.4 is 10.6 Å². The number of fused-ring (bicyclic) bond motifs is 1. The zero-order valence-electron chi connectivity index (χ0n) is 16.0. The average molecular weight is 370 g/mol. The van der Waals surface area contributed by atoms with E-state index in [2.05, 4.69) is 41.0 Å². The second-order valence-electron chi connectivity index (χ2n) is 8.44. The maximum Gasteiger partial charge on any atom is 0.237 e. The summed E-state index contributed by atoms with van der Waals surface area (Å²) >= 11 is 0. The average Bonchev–Trinajstić information content (AvgIpc) is 2.70. The third-order valence-corrected chi connectivity index (χ3v) is 6.54. The summed E-state index contributed by atoms with van der Waals surface area (Å²) in [7, 11) is 0. The predicted molar refractivity (Wildman–Crippen MR) is 105 cm³/mol. The molecule has 0 unspecified atom stereocenters. The van der Waals surface area contributed by atoms with E-state index in [1.807, 2.05) is 4.90 Å². The maximum absolute atomic E-state index is 12.7. The fraction of sp³-hybridized carbons (Fsp3) is 0.636.